The number of benzene rings is 3. The third-order valence-electron chi connectivity index (χ3n) is 5.73. The highest BCUT2D eigenvalue weighted by Gasteiger charge is 2.17. The molecule has 0 saturated heterocycles. The number of hydrogen-bond donors (Lipinski definition) is 1. The number of pyridine rings is 1. The van der Waals surface area contributed by atoms with Gasteiger partial charge >= 0.3 is 0 Å². The van der Waals surface area contributed by atoms with Gasteiger partial charge in [-0.05, 0) is 47.5 Å². The van der Waals surface area contributed by atoms with Crippen molar-refractivity contribution in [2.75, 3.05) is 0 Å². The summed E-state index contributed by atoms with van der Waals surface area (Å²) >= 11 is 3.49. The molecule has 1 atom stereocenters. The van der Waals surface area contributed by atoms with Gasteiger partial charge in [-0.1, -0.05) is 58.4 Å². The van der Waals surface area contributed by atoms with Crippen molar-refractivity contribution in [2.45, 2.75) is 6.10 Å². The number of fused-ring (bicyclic) bond motifs is 4. The van der Waals surface area contributed by atoms with E-state index in [1.165, 1.54) is 0 Å². The van der Waals surface area contributed by atoms with Crippen molar-refractivity contribution in [2.24, 2.45) is 0 Å². The van der Waals surface area contributed by atoms with Crippen LogP contribution in [0, 0.1) is 0 Å². The van der Waals surface area contributed by atoms with Crippen molar-refractivity contribution in [3.63, 3.8) is 0 Å². The van der Waals surface area contributed by atoms with Crippen molar-refractivity contribution in [1.82, 2.24) is 9.55 Å². The normalized spacial score (nSPS) is 12.7. The predicted octanol–water partition coefficient (Wildman–Crippen LogP) is 6.77. The topological polar surface area (TPSA) is 51.2 Å². The van der Waals surface area contributed by atoms with Gasteiger partial charge in [0.1, 0.15) is 11.9 Å². The van der Waals surface area contributed by atoms with Crippen LogP contribution in [0.15, 0.2) is 100 Å². The van der Waals surface area contributed by atoms with Crippen molar-refractivity contribution in [1.29, 1.82) is 0 Å². The second-order valence-corrected chi connectivity index (χ2v) is 8.50. The van der Waals surface area contributed by atoms with Crippen LogP contribution in [0.3, 0.4) is 0 Å². The summed E-state index contributed by atoms with van der Waals surface area (Å²) in [4.78, 5) is 4.67. The number of nitrogens with zero attached hydrogens (tertiary/aromatic N) is 2. The third kappa shape index (κ3) is 2.97. The van der Waals surface area contributed by atoms with Crippen LogP contribution in [0.4, 0.5) is 0 Å². The molecule has 0 saturated carbocycles. The second-order valence-electron chi connectivity index (χ2n) is 7.59. The number of aliphatic hydroxyl groups is 1. The smallest absolute Gasteiger partial charge is 0.152 e. The van der Waals surface area contributed by atoms with Crippen molar-refractivity contribution >= 4 is 48.7 Å². The van der Waals surface area contributed by atoms with Gasteiger partial charge in [-0.15, -0.1) is 0 Å². The summed E-state index contributed by atoms with van der Waals surface area (Å²) in [5, 5.41) is 14.3. The predicted molar refractivity (Wildman–Crippen MR) is 127 cm³/mol. The highest BCUT2D eigenvalue weighted by Crippen LogP contribution is 2.35. The Bertz CT molecular complexity index is 1580. The van der Waals surface area contributed by atoms with Crippen molar-refractivity contribution < 1.29 is 9.52 Å². The number of para-hydroxylation sites is 1. The maximum Gasteiger partial charge on any atom is 0.152 e. The van der Waals surface area contributed by atoms with Gasteiger partial charge in [0.25, 0.3) is 0 Å². The Morgan fingerprint density at radius 3 is 2.58 bits per heavy atom. The Kier molecular flexibility index (Phi) is 4.19. The first-order chi connectivity index (χ1) is 15.2. The molecule has 0 fully saturated rings. The summed E-state index contributed by atoms with van der Waals surface area (Å²) in [6, 6.07) is 26.2. The van der Waals surface area contributed by atoms with Crippen LogP contribution in [0.2, 0.25) is 0 Å². The summed E-state index contributed by atoms with van der Waals surface area (Å²) in [7, 11) is 0. The van der Waals surface area contributed by atoms with Gasteiger partial charge in [-0.25, -0.2) is 4.98 Å². The largest absolute Gasteiger partial charge is 0.463 e. The van der Waals surface area contributed by atoms with Gasteiger partial charge in [0.2, 0.25) is 0 Å². The van der Waals surface area contributed by atoms with E-state index in [2.05, 4.69) is 49.7 Å². The SMILES string of the molecule is OC(c1cccc(Br)c1)c1ccc2c3ccccc3n(-c3cc4ccoc4cn3)c2c1. The molecule has 1 unspecified atom stereocenters. The molecule has 3 heterocycles. The number of hydrogen-bond acceptors (Lipinski definition) is 3. The van der Waals surface area contributed by atoms with Gasteiger partial charge in [0.05, 0.1) is 23.5 Å². The molecule has 0 bridgehead atoms. The summed E-state index contributed by atoms with van der Waals surface area (Å²) in [6.07, 6.45) is 2.71. The summed E-state index contributed by atoms with van der Waals surface area (Å²) < 4.78 is 8.55. The van der Waals surface area contributed by atoms with Gasteiger partial charge in [0, 0.05) is 20.6 Å². The van der Waals surface area contributed by atoms with E-state index in [-0.39, 0.29) is 0 Å². The lowest BCUT2D eigenvalue weighted by molar-refractivity contribution is 0.220. The summed E-state index contributed by atoms with van der Waals surface area (Å²) in [6.45, 7) is 0. The molecule has 1 N–H and O–H groups in total. The van der Waals surface area contributed by atoms with Crippen LogP contribution in [-0.4, -0.2) is 14.7 Å². The molecule has 0 aliphatic carbocycles. The quantitative estimate of drug-likeness (QED) is 0.311. The Morgan fingerprint density at radius 2 is 1.68 bits per heavy atom. The van der Waals surface area contributed by atoms with Crippen molar-refractivity contribution in [3.05, 3.63) is 107 Å². The van der Waals surface area contributed by atoms with Crippen LogP contribution < -0.4 is 0 Å². The number of furan rings is 1. The second kappa shape index (κ2) is 7.08. The molecule has 31 heavy (non-hydrogen) atoms. The van der Waals surface area contributed by atoms with Crippen molar-refractivity contribution in [3.8, 4) is 5.82 Å². The molecule has 0 radical (unpaired) electrons. The zero-order valence-electron chi connectivity index (χ0n) is 16.4. The van der Waals surface area contributed by atoms with E-state index in [1.54, 1.807) is 12.5 Å². The summed E-state index contributed by atoms with van der Waals surface area (Å²) in [5.74, 6) is 0.814. The zero-order chi connectivity index (χ0) is 20.9. The standard InChI is InChI=1S/C26H17BrN2O2/c27-19-5-3-4-17(12-19)26(30)18-8-9-21-20-6-1-2-7-22(20)29(23(21)13-18)25-14-16-10-11-31-24(16)15-28-25/h1-15,26,30H. The Balaban J connectivity index is 1.61. The first kappa shape index (κ1) is 18.4. The zero-order valence-corrected chi connectivity index (χ0v) is 18.0. The van der Waals surface area contributed by atoms with Crippen LogP contribution in [-0.2, 0) is 0 Å². The maximum atomic E-state index is 11.1. The van der Waals surface area contributed by atoms with Crippen LogP contribution in [0.25, 0.3) is 38.6 Å². The average Bonchev–Trinajstić information content (AvgIpc) is 3.40. The van der Waals surface area contributed by atoms with E-state index in [0.717, 1.165) is 54.2 Å². The molecule has 150 valence electrons. The molecule has 0 spiro atoms. The van der Waals surface area contributed by atoms with Gasteiger partial charge in [-0.2, -0.15) is 0 Å². The molecule has 6 aromatic rings. The van der Waals surface area contributed by atoms with Crippen LogP contribution in [0.5, 0.6) is 0 Å². The Hall–Kier alpha value is -3.41. The molecule has 5 heteroatoms. The highest BCUT2D eigenvalue weighted by molar-refractivity contribution is 9.10. The monoisotopic (exact) mass is 468 g/mol. The Labute approximate surface area is 186 Å². The molecule has 0 aliphatic rings. The number of halogens is 1. The molecule has 3 aromatic carbocycles. The van der Waals surface area contributed by atoms with E-state index < -0.39 is 6.10 Å². The minimum atomic E-state index is -0.724. The minimum Gasteiger partial charge on any atom is -0.463 e. The number of rotatable bonds is 3. The highest BCUT2D eigenvalue weighted by atomic mass is 79.9. The average molecular weight is 469 g/mol. The third-order valence-corrected chi connectivity index (χ3v) is 6.23. The molecule has 0 amide bonds. The summed E-state index contributed by atoms with van der Waals surface area (Å²) in [5.41, 5.74) is 4.51. The van der Waals surface area contributed by atoms with Gasteiger partial charge in [0.15, 0.2) is 5.58 Å². The molecule has 6 rings (SSSR count). The molecule has 0 aliphatic heterocycles. The van der Waals surface area contributed by atoms with E-state index in [9.17, 15) is 5.11 Å². The fraction of sp³-hybridized carbons (Fsp3) is 0.0385. The lowest BCUT2D eigenvalue weighted by Crippen LogP contribution is -2.01. The molecule has 4 nitrogen and oxygen atoms in total. The van der Waals surface area contributed by atoms with Gasteiger partial charge < -0.3 is 9.52 Å². The van der Waals surface area contributed by atoms with Crippen LogP contribution >= 0.6 is 15.9 Å². The Morgan fingerprint density at radius 1 is 0.839 bits per heavy atom. The first-order valence-corrected chi connectivity index (χ1v) is 10.8. The van der Waals surface area contributed by atoms with E-state index in [0.29, 0.717) is 0 Å². The maximum absolute atomic E-state index is 11.1. The fourth-order valence-corrected chi connectivity index (χ4v) is 4.67. The minimum absolute atomic E-state index is 0.724. The number of aromatic nitrogens is 2. The number of aliphatic hydroxyl groups excluding tert-OH is 1. The lowest BCUT2D eigenvalue weighted by atomic mass is 10.00. The van der Waals surface area contributed by atoms with E-state index in [4.69, 9.17) is 4.42 Å². The van der Waals surface area contributed by atoms with E-state index >= 15 is 0 Å². The van der Waals surface area contributed by atoms with E-state index in [1.807, 2.05) is 54.6 Å². The lowest BCUT2D eigenvalue weighted by Gasteiger charge is -2.13. The fourth-order valence-electron chi connectivity index (χ4n) is 4.25. The molecular weight excluding hydrogens is 452 g/mol. The van der Waals surface area contributed by atoms with Gasteiger partial charge in [-0.3, -0.25) is 4.57 Å². The first-order valence-electron chi connectivity index (χ1n) is 9.99. The molecule has 3 aromatic heterocycles. The molecular formula is C26H17BrN2O2. The van der Waals surface area contributed by atoms with Crippen LogP contribution in [0.1, 0.15) is 17.2 Å².